The van der Waals surface area contributed by atoms with Gasteiger partial charge in [-0.05, 0) is 44.9 Å². The molecule has 76 heavy (non-hydrogen) atoms. The minimum Gasteiger partial charge on any atom is -0.387 e. The first-order chi connectivity index (χ1) is 37.0. The monoisotopic (exact) mass is 1090 g/mol. The third-order valence-corrected chi connectivity index (χ3v) is 16.3. The summed E-state index contributed by atoms with van der Waals surface area (Å²) in [7, 11) is 1.56. The topological polar surface area (TPSA) is 105 Å². The molecule has 0 aliphatic rings. The van der Waals surface area contributed by atoms with Crippen LogP contribution in [0.15, 0.2) is 36.5 Å². The first-order valence-corrected chi connectivity index (χ1v) is 34.9. The zero-order valence-corrected chi connectivity index (χ0v) is 52.4. The highest BCUT2D eigenvalue weighted by Gasteiger charge is 2.28. The van der Waals surface area contributed by atoms with Gasteiger partial charge in [0.2, 0.25) is 5.91 Å². The van der Waals surface area contributed by atoms with Crippen molar-refractivity contribution in [3.63, 3.8) is 0 Å². The van der Waals surface area contributed by atoms with Crippen LogP contribution in [0, 0.1) is 0 Å². The number of likely N-dealkylation sites (N-methyl/N-ethyl adjacent to an activating group) is 1. The minimum absolute atomic E-state index is 0.0551. The SMILES string of the molecule is CCCCCCCC/C=C/CC/C=C/CC/C=C/C(O)C(COP(=O)(O)OCC[N+](C)(C)C)NC(=O)CCCCCCCCCCCCCCCCCCCCCCCCCCCCCCCCCCCCCCCC. The van der Waals surface area contributed by atoms with Gasteiger partial charge in [-0.25, -0.2) is 4.57 Å². The average molecular weight is 1090 g/mol. The lowest BCUT2D eigenvalue weighted by molar-refractivity contribution is -0.870. The van der Waals surface area contributed by atoms with Crippen LogP contribution in [-0.4, -0.2) is 73.4 Å². The average Bonchev–Trinajstić information content (AvgIpc) is 3.38. The molecule has 9 heteroatoms. The summed E-state index contributed by atoms with van der Waals surface area (Å²) in [4.78, 5) is 23.3. The van der Waals surface area contributed by atoms with E-state index in [4.69, 9.17) is 9.05 Å². The van der Waals surface area contributed by atoms with Crippen molar-refractivity contribution in [2.45, 2.75) is 347 Å². The second-order valence-corrected chi connectivity index (χ2v) is 25.6. The fourth-order valence-corrected chi connectivity index (χ4v) is 10.9. The number of carbonyl (C=O) groups is 1. The van der Waals surface area contributed by atoms with Crippen molar-refractivity contribution >= 4 is 13.7 Å². The predicted molar refractivity (Wildman–Crippen MR) is 332 cm³/mol. The third-order valence-electron chi connectivity index (χ3n) is 15.3. The third kappa shape index (κ3) is 60.4. The molecule has 0 bridgehead atoms. The summed E-state index contributed by atoms with van der Waals surface area (Å²) in [6.45, 7) is 4.82. The summed E-state index contributed by atoms with van der Waals surface area (Å²) in [6.07, 6.45) is 77.4. The number of nitrogens with one attached hydrogen (secondary N) is 1. The molecule has 0 fully saturated rings. The van der Waals surface area contributed by atoms with Crippen molar-refractivity contribution in [2.75, 3.05) is 40.9 Å². The molecule has 3 atom stereocenters. The summed E-state index contributed by atoms with van der Waals surface area (Å²) in [5.74, 6) is -0.185. The van der Waals surface area contributed by atoms with E-state index in [2.05, 4.69) is 43.5 Å². The smallest absolute Gasteiger partial charge is 0.387 e. The molecule has 0 saturated heterocycles. The second kappa shape index (κ2) is 58.4. The van der Waals surface area contributed by atoms with Gasteiger partial charge in [0.05, 0.1) is 39.9 Å². The number of carbonyl (C=O) groups excluding carboxylic acids is 1. The largest absolute Gasteiger partial charge is 0.472 e. The Balaban J connectivity index is 3.92. The van der Waals surface area contributed by atoms with Crippen LogP contribution < -0.4 is 5.32 Å². The number of phosphoric acid groups is 1. The Hall–Kier alpha value is -1.28. The molecule has 0 saturated carbocycles. The molecule has 3 N–H and O–H groups in total. The molecule has 0 aromatic rings. The molecule has 0 aliphatic carbocycles. The van der Waals surface area contributed by atoms with Gasteiger partial charge in [0.1, 0.15) is 13.2 Å². The molecule has 0 aromatic heterocycles. The summed E-state index contributed by atoms with van der Waals surface area (Å²) in [6, 6.07) is -0.868. The molecule has 450 valence electrons. The van der Waals surface area contributed by atoms with E-state index in [1.165, 1.54) is 270 Å². The van der Waals surface area contributed by atoms with Gasteiger partial charge in [-0.2, -0.15) is 0 Å². The van der Waals surface area contributed by atoms with E-state index >= 15 is 0 Å². The molecular formula is C67H132N2O6P+. The van der Waals surface area contributed by atoms with E-state index < -0.39 is 20.0 Å². The number of aliphatic hydroxyl groups is 1. The summed E-state index contributed by atoms with van der Waals surface area (Å²) >= 11 is 0. The van der Waals surface area contributed by atoms with Gasteiger partial charge < -0.3 is 19.8 Å². The van der Waals surface area contributed by atoms with Crippen LogP contribution in [0.3, 0.4) is 0 Å². The summed E-state index contributed by atoms with van der Waals surface area (Å²) in [5.41, 5.74) is 0. The molecule has 1 amide bonds. The molecule has 0 aromatic carbocycles. The van der Waals surface area contributed by atoms with Crippen LogP contribution in [0.5, 0.6) is 0 Å². The van der Waals surface area contributed by atoms with Crippen molar-refractivity contribution in [2.24, 2.45) is 0 Å². The van der Waals surface area contributed by atoms with Crippen LogP contribution in [0.4, 0.5) is 0 Å². The number of quaternary nitrogens is 1. The van der Waals surface area contributed by atoms with Gasteiger partial charge in [-0.3, -0.25) is 13.8 Å². The highest BCUT2D eigenvalue weighted by Crippen LogP contribution is 2.43. The van der Waals surface area contributed by atoms with Gasteiger partial charge in [-0.15, -0.1) is 0 Å². The number of unbranched alkanes of at least 4 members (excludes halogenated alkanes) is 45. The van der Waals surface area contributed by atoms with E-state index in [-0.39, 0.29) is 19.1 Å². The number of nitrogens with zero attached hydrogens (tertiary/aromatic N) is 1. The van der Waals surface area contributed by atoms with Crippen molar-refractivity contribution in [3.8, 4) is 0 Å². The van der Waals surface area contributed by atoms with Crippen LogP contribution in [0.1, 0.15) is 335 Å². The predicted octanol–water partition coefficient (Wildman–Crippen LogP) is 20.9. The van der Waals surface area contributed by atoms with E-state index in [1.807, 2.05) is 27.2 Å². The van der Waals surface area contributed by atoms with Crippen molar-refractivity contribution in [1.82, 2.24) is 5.32 Å². The maximum atomic E-state index is 13.0. The lowest BCUT2D eigenvalue weighted by Crippen LogP contribution is -2.45. The lowest BCUT2D eigenvalue weighted by atomic mass is 10.0. The fraction of sp³-hybridized carbons (Fsp3) is 0.896. The van der Waals surface area contributed by atoms with Gasteiger partial charge >= 0.3 is 7.82 Å². The maximum absolute atomic E-state index is 13.0. The molecule has 0 aliphatic heterocycles. The van der Waals surface area contributed by atoms with Gasteiger partial charge in [-0.1, -0.05) is 320 Å². The van der Waals surface area contributed by atoms with Crippen LogP contribution >= 0.6 is 7.82 Å². The Bertz CT molecular complexity index is 1330. The Morgan fingerprint density at radius 1 is 0.434 bits per heavy atom. The van der Waals surface area contributed by atoms with Gasteiger partial charge in [0, 0.05) is 6.42 Å². The van der Waals surface area contributed by atoms with E-state index in [0.717, 1.165) is 44.9 Å². The highest BCUT2D eigenvalue weighted by atomic mass is 31.2. The van der Waals surface area contributed by atoms with Crippen molar-refractivity contribution in [1.29, 1.82) is 0 Å². The molecule has 0 spiro atoms. The number of allylic oxidation sites excluding steroid dienone is 5. The molecule has 0 radical (unpaired) electrons. The molecule has 0 rings (SSSR count). The van der Waals surface area contributed by atoms with E-state index in [0.29, 0.717) is 17.4 Å². The number of amides is 1. The van der Waals surface area contributed by atoms with E-state index in [9.17, 15) is 19.4 Å². The number of rotatable bonds is 62. The number of hydrogen-bond acceptors (Lipinski definition) is 5. The molecule has 8 nitrogen and oxygen atoms in total. The summed E-state index contributed by atoms with van der Waals surface area (Å²) < 4.78 is 23.7. The van der Waals surface area contributed by atoms with Gasteiger partial charge in [0.25, 0.3) is 0 Å². The molecule has 0 heterocycles. The minimum atomic E-state index is -4.36. The first-order valence-electron chi connectivity index (χ1n) is 33.4. The number of phosphoric ester groups is 1. The Morgan fingerprint density at radius 3 is 1.05 bits per heavy atom. The highest BCUT2D eigenvalue weighted by molar-refractivity contribution is 7.47. The van der Waals surface area contributed by atoms with Gasteiger partial charge in [0.15, 0.2) is 0 Å². The quantitative estimate of drug-likeness (QED) is 0.0243. The fourth-order valence-electron chi connectivity index (χ4n) is 10.1. The van der Waals surface area contributed by atoms with E-state index in [1.54, 1.807) is 6.08 Å². The summed E-state index contributed by atoms with van der Waals surface area (Å²) in [5, 5.41) is 13.9. The lowest BCUT2D eigenvalue weighted by Gasteiger charge is -2.25. The second-order valence-electron chi connectivity index (χ2n) is 24.2. The number of hydrogen-bond donors (Lipinski definition) is 3. The Morgan fingerprint density at radius 2 is 0.724 bits per heavy atom. The zero-order valence-electron chi connectivity index (χ0n) is 51.5. The Kier molecular flexibility index (Phi) is 57.4. The van der Waals surface area contributed by atoms with Crippen LogP contribution in [-0.2, 0) is 18.4 Å². The Labute approximate surface area is 474 Å². The normalized spacial score (nSPS) is 13.9. The molecule has 3 unspecified atom stereocenters. The standard InChI is InChI=1S/C67H131N2O6P/c1-6-8-10-12-14-16-18-20-22-24-25-26-27-28-29-30-31-32-33-34-35-36-37-38-39-40-41-42-43-44-45-47-49-51-53-55-57-59-61-67(71)68-65(64-75-76(72,73)74-63-62-69(3,4)5)66(70)60-58-56-54-52-50-48-46-23-21-19-17-15-13-11-9-7-2/h21,23,50,52,58,60,65-66,70H,6-20,22,24-49,51,53-57,59,61-64H2,1-5H3,(H-,68,71,72,73)/p+1/b23-21+,52-50+,60-58+. The van der Waals surface area contributed by atoms with Crippen molar-refractivity contribution < 1.29 is 32.9 Å². The number of aliphatic hydroxyl groups excluding tert-OH is 1. The first kappa shape index (κ1) is 74.7. The van der Waals surface area contributed by atoms with Crippen molar-refractivity contribution in [3.05, 3.63) is 36.5 Å². The maximum Gasteiger partial charge on any atom is 0.472 e. The van der Waals surface area contributed by atoms with Crippen LogP contribution in [0.25, 0.3) is 0 Å². The zero-order chi connectivity index (χ0) is 55.6. The molecular weight excluding hydrogens is 960 g/mol. The van der Waals surface area contributed by atoms with Crippen LogP contribution in [0.2, 0.25) is 0 Å².